The molecule has 2 heterocycles. The molecule has 0 N–H and O–H groups in total. The van der Waals surface area contributed by atoms with Gasteiger partial charge in [-0.25, -0.2) is 0 Å². The van der Waals surface area contributed by atoms with Crippen molar-refractivity contribution in [3.63, 3.8) is 0 Å². The first-order valence-electron chi connectivity index (χ1n) is 8.58. The second-order valence-electron chi connectivity index (χ2n) is 6.19. The maximum atomic E-state index is 12.5. The predicted molar refractivity (Wildman–Crippen MR) is 112 cm³/mol. The van der Waals surface area contributed by atoms with Crippen LogP contribution in [0, 0.1) is 6.92 Å². The van der Waals surface area contributed by atoms with Crippen LogP contribution in [0.5, 0.6) is 0 Å². The molecule has 7 heteroatoms. The third-order valence-corrected chi connectivity index (χ3v) is 5.84. The van der Waals surface area contributed by atoms with Crippen molar-refractivity contribution in [2.75, 3.05) is 12.8 Å². The van der Waals surface area contributed by atoms with Gasteiger partial charge in [0, 0.05) is 24.0 Å². The van der Waals surface area contributed by atoms with Crippen molar-refractivity contribution in [2.24, 2.45) is 0 Å². The number of allylic oxidation sites excluding steroid dienone is 1. The minimum atomic E-state index is 0.0682. The summed E-state index contributed by atoms with van der Waals surface area (Å²) < 4.78 is 2.00. The zero-order valence-electron chi connectivity index (χ0n) is 15.5. The lowest BCUT2D eigenvalue weighted by Crippen LogP contribution is -2.27. The van der Waals surface area contributed by atoms with Crippen molar-refractivity contribution in [2.45, 2.75) is 25.2 Å². The van der Waals surface area contributed by atoms with Gasteiger partial charge < -0.3 is 4.90 Å². The molecule has 140 valence electrons. The second-order valence-corrected chi connectivity index (χ2v) is 8.17. The van der Waals surface area contributed by atoms with E-state index in [-0.39, 0.29) is 5.91 Å². The molecule has 0 unspecified atom stereocenters. The summed E-state index contributed by atoms with van der Waals surface area (Å²) in [4.78, 5) is 15.4. The van der Waals surface area contributed by atoms with Gasteiger partial charge in [-0.2, -0.15) is 0 Å². The van der Waals surface area contributed by atoms with Crippen LogP contribution >= 0.6 is 23.1 Å². The molecule has 0 bridgehead atoms. The highest BCUT2D eigenvalue weighted by molar-refractivity contribution is 7.99. The molecule has 3 rings (SSSR count). The molecule has 0 atom stereocenters. The van der Waals surface area contributed by atoms with Crippen LogP contribution in [-0.4, -0.2) is 38.4 Å². The predicted octanol–water partition coefficient (Wildman–Crippen LogP) is 4.25. The Kier molecular flexibility index (Phi) is 6.47. The maximum absolute atomic E-state index is 12.5. The summed E-state index contributed by atoms with van der Waals surface area (Å²) in [7, 11) is 1.83. The van der Waals surface area contributed by atoms with Crippen molar-refractivity contribution >= 4 is 29.0 Å². The lowest BCUT2D eigenvalue weighted by atomic mass is 10.1. The van der Waals surface area contributed by atoms with Gasteiger partial charge in [-0.3, -0.25) is 9.36 Å². The quantitative estimate of drug-likeness (QED) is 0.420. The number of aryl methyl sites for hydroxylation is 1. The van der Waals surface area contributed by atoms with E-state index in [1.165, 1.54) is 22.2 Å². The summed E-state index contributed by atoms with van der Waals surface area (Å²) in [6, 6.07) is 12.2. The van der Waals surface area contributed by atoms with Crippen LogP contribution in [-0.2, 0) is 17.9 Å². The minimum Gasteiger partial charge on any atom is -0.340 e. The van der Waals surface area contributed by atoms with Gasteiger partial charge >= 0.3 is 0 Å². The summed E-state index contributed by atoms with van der Waals surface area (Å²) >= 11 is 3.07. The van der Waals surface area contributed by atoms with Crippen LogP contribution in [0.25, 0.3) is 11.4 Å². The van der Waals surface area contributed by atoms with Gasteiger partial charge in [0.25, 0.3) is 0 Å². The lowest BCUT2D eigenvalue weighted by Gasteiger charge is -2.16. The number of carbonyl (C=O) groups is 1. The Labute approximate surface area is 167 Å². The topological polar surface area (TPSA) is 51.0 Å². The van der Waals surface area contributed by atoms with Crippen molar-refractivity contribution < 1.29 is 4.79 Å². The highest BCUT2D eigenvalue weighted by Gasteiger charge is 2.16. The molecule has 1 amide bonds. The standard InChI is InChI=1S/C20H22N4OS2/c1-4-10-24-19(16-8-5-7-15(2)12-16)21-22-20(24)27-14-18(25)23(3)13-17-9-6-11-26-17/h4-9,11-12H,1,10,13-14H2,2-3H3. The van der Waals surface area contributed by atoms with E-state index in [1.807, 2.05) is 47.3 Å². The normalized spacial score (nSPS) is 10.7. The molecular weight excluding hydrogens is 376 g/mol. The Bertz CT molecular complexity index is 918. The van der Waals surface area contributed by atoms with Gasteiger partial charge in [-0.05, 0) is 24.4 Å². The van der Waals surface area contributed by atoms with E-state index < -0.39 is 0 Å². The van der Waals surface area contributed by atoms with Crippen LogP contribution in [0.2, 0.25) is 0 Å². The monoisotopic (exact) mass is 398 g/mol. The zero-order valence-corrected chi connectivity index (χ0v) is 17.1. The first-order chi connectivity index (χ1) is 13.1. The van der Waals surface area contributed by atoms with E-state index >= 15 is 0 Å². The molecule has 0 radical (unpaired) electrons. The van der Waals surface area contributed by atoms with Crippen LogP contribution in [0.1, 0.15) is 10.4 Å². The molecule has 3 aromatic rings. The fourth-order valence-electron chi connectivity index (χ4n) is 2.65. The number of benzene rings is 1. The molecule has 5 nitrogen and oxygen atoms in total. The lowest BCUT2D eigenvalue weighted by molar-refractivity contribution is -0.127. The molecule has 0 aliphatic carbocycles. The highest BCUT2D eigenvalue weighted by Crippen LogP contribution is 2.25. The molecule has 1 aromatic carbocycles. The number of carbonyl (C=O) groups excluding carboxylic acids is 1. The molecule has 27 heavy (non-hydrogen) atoms. The maximum Gasteiger partial charge on any atom is 0.233 e. The Hall–Kier alpha value is -2.38. The van der Waals surface area contributed by atoms with Crippen LogP contribution in [0.4, 0.5) is 0 Å². The number of hydrogen-bond acceptors (Lipinski definition) is 5. The number of thioether (sulfide) groups is 1. The van der Waals surface area contributed by atoms with E-state index in [1.54, 1.807) is 16.2 Å². The number of hydrogen-bond donors (Lipinski definition) is 0. The Balaban J connectivity index is 1.71. The fraction of sp³-hybridized carbons (Fsp3) is 0.250. The number of thiophene rings is 1. The van der Waals surface area contributed by atoms with Crippen molar-refractivity contribution in [1.82, 2.24) is 19.7 Å². The Morgan fingerprint density at radius 3 is 2.89 bits per heavy atom. The van der Waals surface area contributed by atoms with Crippen molar-refractivity contribution in [1.29, 1.82) is 0 Å². The summed E-state index contributed by atoms with van der Waals surface area (Å²) in [5.41, 5.74) is 2.18. The summed E-state index contributed by atoms with van der Waals surface area (Å²) in [6.07, 6.45) is 1.82. The highest BCUT2D eigenvalue weighted by atomic mass is 32.2. The molecule has 0 fully saturated rings. The van der Waals surface area contributed by atoms with Gasteiger partial charge in [0.1, 0.15) is 0 Å². The number of amides is 1. The Morgan fingerprint density at radius 2 is 2.19 bits per heavy atom. The minimum absolute atomic E-state index is 0.0682. The van der Waals surface area contributed by atoms with E-state index in [0.29, 0.717) is 18.8 Å². The largest absolute Gasteiger partial charge is 0.340 e. The van der Waals surface area contributed by atoms with Crippen molar-refractivity contribution in [3.8, 4) is 11.4 Å². The van der Waals surface area contributed by atoms with Crippen LogP contribution in [0.3, 0.4) is 0 Å². The summed E-state index contributed by atoms with van der Waals surface area (Å²) in [5, 5.41) is 11.4. The average molecular weight is 399 g/mol. The third-order valence-electron chi connectivity index (χ3n) is 4.03. The van der Waals surface area contributed by atoms with Gasteiger partial charge in [0.2, 0.25) is 5.91 Å². The molecule has 0 spiro atoms. The molecule has 0 saturated heterocycles. The van der Waals surface area contributed by atoms with Gasteiger partial charge in [0.05, 0.1) is 12.3 Å². The van der Waals surface area contributed by atoms with Gasteiger partial charge in [0.15, 0.2) is 11.0 Å². The number of aromatic nitrogens is 3. The van der Waals surface area contributed by atoms with Crippen molar-refractivity contribution in [3.05, 3.63) is 64.9 Å². The number of nitrogens with zero attached hydrogens (tertiary/aromatic N) is 4. The van der Waals surface area contributed by atoms with E-state index in [4.69, 9.17) is 0 Å². The SMILES string of the molecule is C=CCn1c(SCC(=O)N(C)Cc2cccs2)nnc1-c1cccc(C)c1. The molecule has 2 aromatic heterocycles. The summed E-state index contributed by atoms with van der Waals surface area (Å²) in [6.45, 7) is 7.11. The van der Waals surface area contributed by atoms with E-state index in [0.717, 1.165) is 16.5 Å². The van der Waals surface area contributed by atoms with Gasteiger partial charge in [-0.1, -0.05) is 47.7 Å². The zero-order chi connectivity index (χ0) is 19.2. The van der Waals surface area contributed by atoms with Gasteiger partial charge in [-0.15, -0.1) is 28.1 Å². The third kappa shape index (κ3) is 4.87. The number of rotatable bonds is 8. The average Bonchev–Trinajstić information content (AvgIpc) is 3.30. The first kappa shape index (κ1) is 19.4. The summed E-state index contributed by atoms with van der Waals surface area (Å²) in [5.74, 6) is 1.18. The molecular formula is C20H22N4OS2. The molecule has 0 aliphatic rings. The fourth-order valence-corrected chi connectivity index (χ4v) is 4.29. The van der Waals surface area contributed by atoms with Crippen LogP contribution < -0.4 is 0 Å². The van der Waals surface area contributed by atoms with E-state index in [9.17, 15) is 4.79 Å². The molecule has 0 saturated carbocycles. The first-order valence-corrected chi connectivity index (χ1v) is 10.5. The smallest absolute Gasteiger partial charge is 0.233 e. The Morgan fingerprint density at radius 1 is 1.33 bits per heavy atom. The molecule has 0 aliphatic heterocycles. The second kappa shape index (κ2) is 9.01. The van der Waals surface area contributed by atoms with E-state index in [2.05, 4.69) is 35.8 Å². The van der Waals surface area contributed by atoms with Crippen LogP contribution in [0.15, 0.2) is 59.6 Å².